The second-order valence-corrected chi connectivity index (χ2v) is 6.48. The highest BCUT2D eigenvalue weighted by Crippen LogP contribution is 2.34. The van der Waals surface area contributed by atoms with Crippen LogP contribution in [-0.4, -0.2) is 18.1 Å². The minimum atomic E-state index is 0.102. The van der Waals surface area contributed by atoms with Gasteiger partial charge in [0.25, 0.3) is 0 Å². The van der Waals surface area contributed by atoms with E-state index in [9.17, 15) is 0 Å². The summed E-state index contributed by atoms with van der Waals surface area (Å²) in [6.45, 7) is 11.0. The predicted molar refractivity (Wildman–Crippen MR) is 74.6 cm³/mol. The summed E-state index contributed by atoms with van der Waals surface area (Å²) in [6, 6.07) is 0.102. The van der Waals surface area contributed by atoms with Crippen LogP contribution in [0.5, 0.6) is 0 Å². The molecular weight excluding hydrogens is 230 g/mol. The molecule has 0 amide bonds. The third-order valence-corrected chi connectivity index (χ3v) is 5.09. The first-order chi connectivity index (χ1) is 7.99. The van der Waals surface area contributed by atoms with Crippen LogP contribution in [0.15, 0.2) is 0 Å². The van der Waals surface area contributed by atoms with E-state index >= 15 is 0 Å². The maximum Gasteiger partial charge on any atom is 0.185 e. The van der Waals surface area contributed by atoms with Crippen LogP contribution >= 0.6 is 11.3 Å². The van der Waals surface area contributed by atoms with E-state index in [0.29, 0.717) is 0 Å². The number of nitrogens with zero attached hydrogens (tertiary/aromatic N) is 2. The molecule has 17 heavy (non-hydrogen) atoms. The zero-order chi connectivity index (χ0) is 12.6. The summed E-state index contributed by atoms with van der Waals surface area (Å²) in [7, 11) is 0. The lowest BCUT2D eigenvalue weighted by Gasteiger charge is -2.16. The summed E-state index contributed by atoms with van der Waals surface area (Å²) in [5, 5.41) is 1.16. The van der Waals surface area contributed by atoms with E-state index in [1.807, 2.05) is 6.92 Å². The lowest BCUT2D eigenvalue weighted by molar-refractivity contribution is 0.422. The Morgan fingerprint density at radius 2 is 2.12 bits per heavy atom. The molecule has 2 N–H and O–H groups in total. The number of hydrogen-bond acceptors (Lipinski definition) is 4. The number of thiazole rings is 1. The zero-order valence-electron chi connectivity index (χ0n) is 11.2. The quantitative estimate of drug-likeness (QED) is 0.900. The van der Waals surface area contributed by atoms with Crippen molar-refractivity contribution < 1.29 is 0 Å². The molecule has 0 aliphatic carbocycles. The lowest BCUT2D eigenvalue weighted by atomic mass is 9.95. The molecule has 1 aromatic heterocycles. The van der Waals surface area contributed by atoms with Gasteiger partial charge in [0.15, 0.2) is 5.13 Å². The van der Waals surface area contributed by atoms with Crippen LogP contribution in [0.2, 0.25) is 0 Å². The van der Waals surface area contributed by atoms with Crippen molar-refractivity contribution in [1.29, 1.82) is 0 Å². The van der Waals surface area contributed by atoms with E-state index in [2.05, 4.69) is 30.7 Å². The fourth-order valence-electron chi connectivity index (χ4n) is 2.46. The number of aromatic nitrogens is 1. The topological polar surface area (TPSA) is 42.2 Å². The maximum atomic E-state index is 5.95. The van der Waals surface area contributed by atoms with Crippen molar-refractivity contribution >= 4 is 16.5 Å². The third-order valence-electron chi connectivity index (χ3n) is 3.67. The van der Waals surface area contributed by atoms with Gasteiger partial charge < -0.3 is 10.6 Å². The maximum absolute atomic E-state index is 5.95. The molecular formula is C13H23N3S. The molecule has 0 bridgehead atoms. The van der Waals surface area contributed by atoms with E-state index in [1.54, 1.807) is 11.3 Å². The molecule has 2 rings (SSSR count). The Bertz CT molecular complexity index is 384. The van der Waals surface area contributed by atoms with E-state index < -0.39 is 0 Å². The van der Waals surface area contributed by atoms with Crippen LogP contribution < -0.4 is 10.6 Å². The van der Waals surface area contributed by atoms with Crippen LogP contribution in [0, 0.1) is 18.8 Å². The van der Waals surface area contributed by atoms with Gasteiger partial charge >= 0.3 is 0 Å². The number of anilines is 1. The summed E-state index contributed by atoms with van der Waals surface area (Å²) in [6.07, 6.45) is 1.30. The average molecular weight is 253 g/mol. The molecule has 0 spiro atoms. The van der Waals surface area contributed by atoms with E-state index in [1.165, 1.54) is 11.3 Å². The van der Waals surface area contributed by atoms with Gasteiger partial charge in [-0.3, -0.25) is 0 Å². The fourth-order valence-corrected chi connectivity index (χ4v) is 3.51. The van der Waals surface area contributed by atoms with Crippen molar-refractivity contribution in [2.75, 3.05) is 18.0 Å². The molecule has 1 aliphatic rings. The molecule has 4 heteroatoms. The van der Waals surface area contributed by atoms with E-state index in [4.69, 9.17) is 5.73 Å². The summed E-state index contributed by atoms with van der Waals surface area (Å²) < 4.78 is 0. The predicted octanol–water partition coefficient (Wildman–Crippen LogP) is 2.95. The molecule has 96 valence electrons. The van der Waals surface area contributed by atoms with Gasteiger partial charge in [-0.1, -0.05) is 13.8 Å². The second-order valence-electron chi connectivity index (χ2n) is 5.47. The first-order valence-electron chi connectivity index (χ1n) is 6.47. The summed E-state index contributed by atoms with van der Waals surface area (Å²) in [5.74, 6) is 1.59. The molecule has 1 saturated heterocycles. The molecule has 2 atom stereocenters. The van der Waals surface area contributed by atoms with Crippen molar-refractivity contribution in [3.05, 3.63) is 10.6 Å². The van der Waals surface area contributed by atoms with Gasteiger partial charge in [-0.15, -0.1) is 11.3 Å². The minimum absolute atomic E-state index is 0.102. The van der Waals surface area contributed by atoms with Gasteiger partial charge in [0, 0.05) is 24.0 Å². The third kappa shape index (κ3) is 2.63. The molecule has 0 aromatic carbocycles. The molecule has 1 aliphatic heterocycles. The van der Waals surface area contributed by atoms with Gasteiger partial charge in [0.05, 0.1) is 5.69 Å². The standard InChI is InChI=1S/C13H23N3S/c1-8(2)11-5-6-16(7-11)13-15-10(4)12(17-13)9(3)14/h8-9,11H,5-7,14H2,1-4H3. The highest BCUT2D eigenvalue weighted by molar-refractivity contribution is 7.15. The molecule has 1 fully saturated rings. The Kier molecular flexibility index (Phi) is 3.73. The SMILES string of the molecule is Cc1nc(N2CCC(C(C)C)C2)sc1C(C)N. The van der Waals surface area contributed by atoms with Crippen molar-refractivity contribution in [3.8, 4) is 0 Å². The Morgan fingerprint density at radius 3 is 2.59 bits per heavy atom. The smallest absolute Gasteiger partial charge is 0.185 e. The van der Waals surface area contributed by atoms with Crippen LogP contribution in [0.1, 0.15) is 43.8 Å². The van der Waals surface area contributed by atoms with Crippen molar-refractivity contribution in [2.24, 2.45) is 17.6 Å². The van der Waals surface area contributed by atoms with Gasteiger partial charge in [0.2, 0.25) is 0 Å². The first kappa shape index (κ1) is 12.8. The number of rotatable bonds is 3. The Hall–Kier alpha value is -0.610. The fraction of sp³-hybridized carbons (Fsp3) is 0.769. The van der Waals surface area contributed by atoms with E-state index in [0.717, 1.165) is 35.8 Å². The Balaban J connectivity index is 2.11. The number of nitrogens with two attached hydrogens (primary N) is 1. The molecule has 2 heterocycles. The Morgan fingerprint density at radius 1 is 1.41 bits per heavy atom. The molecule has 3 nitrogen and oxygen atoms in total. The van der Waals surface area contributed by atoms with Crippen molar-refractivity contribution in [3.63, 3.8) is 0 Å². The van der Waals surface area contributed by atoms with Gasteiger partial charge in [-0.05, 0) is 32.1 Å². The first-order valence-corrected chi connectivity index (χ1v) is 7.28. The number of aryl methyl sites for hydroxylation is 1. The number of hydrogen-bond donors (Lipinski definition) is 1. The van der Waals surface area contributed by atoms with Crippen molar-refractivity contribution in [2.45, 2.75) is 40.2 Å². The highest BCUT2D eigenvalue weighted by Gasteiger charge is 2.27. The Labute approximate surface area is 108 Å². The van der Waals surface area contributed by atoms with Gasteiger partial charge in [-0.25, -0.2) is 4.98 Å². The van der Waals surface area contributed by atoms with Crippen LogP contribution in [0.25, 0.3) is 0 Å². The average Bonchev–Trinajstić information content (AvgIpc) is 2.82. The molecule has 1 aromatic rings. The normalized spacial score (nSPS) is 22.5. The van der Waals surface area contributed by atoms with E-state index in [-0.39, 0.29) is 6.04 Å². The summed E-state index contributed by atoms with van der Waals surface area (Å²) in [4.78, 5) is 8.33. The molecule has 2 unspecified atom stereocenters. The van der Waals surface area contributed by atoms with Gasteiger partial charge in [0.1, 0.15) is 0 Å². The summed E-state index contributed by atoms with van der Waals surface area (Å²) in [5.41, 5.74) is 7.06. The lowest BCUT2D eigenvalue weighted by Crippen LogP contribution is -2.20. The monoisotopic (exact) mass is 253 g/mol. The van der Waals surface area contributed by atoms with Crippen molar-refractivity contribution in [1.82, 2.24) is 4.98 Å². The highest BCUT2D eigenvalue weighted by atomic mass is 32.1. The van der Waals surface area contributed by atoms with Crippen LogP contribution in [0.3, 0.4) is 0 Å². The molecule has 0 saturated carbocycles. The van der Waals surface area contributed by atoms with Crippen LogP contribution in [-0.2, 0) is 0 Å². The molecule has 0 radical (unpaired) electrons. The van der Waals surface area contributed by atoms with Gasteiger partial charge in [-0.2, -0.15) is 0 Å². The summed E-state index contributed by atoms with van der Waals surface area (Å²) >= 11 is 1.77. The zero-order valence-corrected chi connectivity index (χ0v) is 12.0. The minimum Gasteiger partial charge on any atom is -0.348 e. The second kappa shape index (κ2) is 4.94. The van der Waals surface area contributed by atoms with Crippen LogP contribution in [0.4, 0.5) is 5.13 Å². The largest absolute Gasteiger partial charge is 0.348 e.